The lowest BCUT2D eigenvalue weighted by Crippen LogP contribution is -2.26. The third-order valence-electron chi connectivity index (χ3n) is 2.22. The molecule has 0 aromatic heterocycles. The fourth-order valence-electron chi connectivity index (χ4n) is 1.43. The maximum atomic E-state index is 8.09. The monoisotopic (exact) mass is 199 g/mol. The van der Waals surface area contributed by atoms with Crippen LogP contribution in [0.5, 0.6) is 0 Å². The van der Waals surface area contributed by atoms with E-state index in [4.69, 9.17) is 15.0 Å². The molecule has 0 saturated carbocycles. The normalized spacial score (nSPS) is 23.9. The van der Waals surface area contributed by atoms with Crippen molar-refractivity contribution in [1.29, 1.82) is 0 Å². The van der Waals surface area contributed by atoms with Gasteiger partial charge in [0.2, 0.25) is 0 Å². The first-order valence-electron chi connectivity index (χ1n) is 5.11. The van der Waals surface area contributed by atoms with Gasteiger partial charge in [0.1, 0.15) is 0 Å². The molecule has 1 fully saturated rings. The van der Waals surface area contributed by atoms with E-state index < -0.39 is 0 Å². The van der Waals surface area contributed by atoms with Gasteiger partial charge < -0.3 is 9.47 Å². The number of rotatable bonds is 5. The van der Waals surface area contributed by atoms with Crippen LogP contribution < -0.4 is 0 Å². The van der Waals surface area contributed by atoms with Crippen LogP contribution in [0.15, 0.2) is 5.11 Å². The Balaban J connectivity index is 2.11. The lowest BCUT2D eigenvalue weighted by atomic mass is 10.2. The minimum atomic E-state index is -0.0511. The summed E-state index contributed by atoms with van der Waals surface area (Å²) in [4.78, 5) is 2.69. The molecule has 5 heteroatoms. The molecule has 5 nitrogen and oxygen atoms in total. The molecule has 1 heterocycles. The van der Waals surface area contributed by atoms with Gasteiger partial charge in [-0.2, -0.15) is 0 Å². The Labute approximate surface area is 84.0 Å². The molecule has 1 aliphatic heterocycles. The number of hydrogen-bond acceptors (Lipinski definition) is 3. The predicted octanol–water partition coefficient (Wildman–Crippen LogP) is 2.62. The van der Waals surface area contributed by atoms with E-state index in [1.807, 2.05) is 6.92 Å². The largest absolute Gasteiger partial charge is 0.353 e. The van der Waals surface area contributed by atoms with Gasteiger partial charge in [0.05, 0.1) is 6.10 Å². The number of hydrogen-bond donors (Lipinski definition) is 0. The third kappa shape index (κ3) is 4.46. The molecule has 0 N–H and O–H groups in total. The summed E-state index contributed by atoms with van der Waals surface area (Å²) in [7, 11) is 0. The van der Waals surface area contributed by atoms with Crippen LogP contribution in [0.3, 0.4) is 0 Å². The van der Waals surface area contributed by atoms with E-state index in [0.29, 0.717) is 6.54 Å². The van der Waals surface area contributed by atoms with Gasteiger partial charge in [-0.15, -0.1) is 0 Å². The highest BCUT2D eigenvalue weighted by molar-refractivity contribution is 4.59. The third-order valence-corrected chi connectivity index (χ3v) is 2.22. The van der Waals surface area contributed by atoms with E-state index in [0.717, 1.165) is 25.9 Å². The molecule has 0 spiro atoms. The summed E-state index contributed by atoms with van der Waals surface area (Å²) in [6.45, 7) is 3.27. The van der Waals surface area contributed by atoms with Crippen LogP contribution in [-0.2, 0) is 9.47 Å². The first kappa shape index (κ1) is 11.3. The van der Waals surface area contributed by atoms with E-state index in [1.54, 1.807) is 0 Å². The average molecular weight is 199 g/mol. The molecule has 14 heavy (non-hydrogen) atoms. The van der Waals surface area contributed by atoms with Crippen molar-refractivity contribution in [3.63, 3.8) is 0 Å². The van der Waals surface area contributed by atoms with Crippen LogP contribution >= 0.6 is 0 Å². The molecule has 0 amide bonds. The minimum absolute atomic E-state index is 0.0511. The van der Waals surface area contributed by atoms with Crippen molar-refractivity contribution in [2.75, 3.05) is 13.2 Å². The van der Waals surface area contributed by atoms with Crippen molar-refractivity contribution in [1.82, 2.24) is 0 Å². The minimum Gasteiger partial charge on any atom is -0.353 e. The summed E-state index contributed by atoms with van der Waals surface area (Å²) in [5.41, 5.74) is 8.09. The van der Waals surface area contributed by atoms with Crippen molar-refractivity contribution in [2.24, 2.45) is 5.11 Å². The maximum absolute atomic E-state index is 8.09. The molecule has 1 aliphatic rings. The predicted molar refractivity (Wildman–Crippen MR) is 52.8 cm³/mol. The van der Waals surface area contributed by atoms with E-state index >= 15 is 0 Å². The molecular formula is C9H17N3O2. The molecule has 1 unspecified atom stereocenters. The first-order chi connectivity index (χ1) is 6.83. The van der Waals surface area contributed by atoms with E-state index in [1.165, 1.54) is 6.42 Å². The standard InChI is InChI=1S/C9H17N3O2/c1-8(5-6-11-12-10)14-9-4-2-3-7-13-9/h8-9H,2-7H2,1H3/t8-,9?/m1/s1. The Hall–Kier alpha value is -0.770. The van der Waals surface area contributed by atoms with Gasteiger partial charge in [0.25, 0.3) is 0 Å². The highest BCUT2D eigenvalue weighted by Gasteiger charge is 2.16. The molecule has 0 aromatic rings. The molecule has 0 radical (unpaired) electrons. The molecule has 1 rings (SSSR count). The molecule has 2 atom stereocenters. The molecule has 0 aliphatic carbocycles. The van der Waals surface area contributed by atoms with Gasteiger partial charge >= 0.3 is 0 Å². The zero-order valence-electron chi connectivity index (χ0n) is 8.56. The first-order valence-corrected chi connectivity index (χ1v) is 5.11. The maximum Gasteiger partial charge on any atom is 0.157 e. The van der Waals surface area contributed by atoms with Crippen molar-refractivity contribution in [3.8, 4) is 0 Å². The second kappa shape index (κ2) is 6.65. The number of ether oxygens (including phenoxy) is 2. The summed E-state index contributed by atoms with van der Waals surface area (Å²) in [5, 5.41) is 3.46. The number of azide groups is 1. The molecule has 0 aromatic carbocycles. The lowest BCUT2D eigenvalue weighted by molar-refractivity contribution is -0.184. The van der Waals surface area contributed by atoms with Crippen molar-refractivity contribution in [2.45, 2.75) is 45.0 Å². The van der Waals surface area contributed by atoms with Gasteiger partial charge in [-0.25, -0.2) is 0 Å². The SMILES string of the molecule is C[C@H](CCN=[N+]=[N-])OC1CCCCO1. The Morgan fingerprint density at radius 1 is 1.64 bits per heavy atom. The summed E-state index contributed by atoms with van der Waals surface area (Å²) < 4.78 is 11.1. The Morgan fingerprint density at radius 3 is 3.14 bits per heavy atom. The van der Waals surface area contributed by atoms with Gasteiger partial charge in [0, 0.05) is 18.1 Å². The quantitative estimate of drug-likeness (QED) is 0.388. The van der Waals surface area contributed by atoms with Gasteiger partial charge in [-0.1, -0.05) is 5.11 Å². The fourth-order valence-corrected chi connectivity index (χ4v) is 1.43. The molecule has 80 valence electrons. The Kier molecular flexibility index (Phi) is 5.37. The fraction of sp³-hybridized carbons (Fsp3) is 1.00. The number of nitrogens with zero attached hydrogens (tertiary/aromatic N) is 3. The topological polar surface area (TPSA) is 67.2 Å². The highest BCUT2D eigenvalue weighted by atomic mass is 16.7. The molecule has 0 bridgehead atoms. The van der Waals surface area contributed by atoms with E-state index in [2.05, 4.69) is 10.0 Å². The van der Waals surface area contributed by atoms with Gasteiger partial charge in [-0.3, -0.25) is 0 Å². The van der Waals surface area contributed by atoms with Crippen LogP contribution in [0.25, 0.3) is 10.4 Å². The Bertz CT molecular complexity index is 198. The zero-order chi connectivity index (χ0) is 10.2. The van der Waals surface area contributed by atoms with Crippen LogP contribution in [0.1, 0.15) is 32.6 Å². The van der Waals surface area contributed by atoms with Crippen molar-refractivity contribution >= 4 is 0 Å². The second-order valence-electron chi connectivity index (χ2n) is 3.49. The lowest BCUT2D eigenvalue weighted by Gasteiger charge is -2.25. The summed E-state index contributed by atoms with van der Waals surface area (Å²) in [5.74, 6) is 0. The van der Waals surface area contributed by atoms with Crippen molar-refractivity contribution in [3.05, 3.63) is 10.4 Å². The van der Waals surface area contributed by atoms with Crippen LogP contribution in [-0.4, -0.2) is 25.5 Å². The second-order valence-corrected chi connectivity index (χ2v) is 3.49. The van der Waals surface area contributed by atoms with E-state index in [9.17, 15) is 0 Å². The zero-order valence-corrected chi connectivity index (χ0v) is 8.56. The van der Waals surface area contributed by atoms with Crippen molar-refractivity contribution < 1.29 is 9.47 Å². The van der Waals surface area contributed by atoms with Gasteiger partial charge in [-0.05, 0) is 38.1 Å². The van der Waals surface area contributed by atoms with Gasteiger partial charge in [0.15, 0.2) is 6.29 Å². The smallest absolute Gasteiger partial charge is 0.157 e. The molecule has 1 saturated heterocycles. The van der Waals surface area contributed by atoms with Crippen LogP contribution in [0.4, 0.5) is 0 Å². The van der Waals surface area contributed by atoms with E-state index in [-0.39, 0.29) is 12.4 Å². The Morgan fingerprint density at radius 2 is 2.50 bits per heavy atom. The van der Waals surface area contributed by atoms with Crippen LogP contribution in [0, 0.1) is 0 Å². The average Bonchev–Trinajstić information content (AvgIpc) is 2.20. The summed E-state index contributed by atoms with van der Waals surface area (Å²) in [6.07, 6.45) is 4.09. The summed E-state index contributed by atoms with van der Waals surface area (Å²) in [6, 6.07) is 0. The molecular weight excluding hydrogens is 182 g/mol. The highest BCUT2D eigenvalue weighted by Crippen LogP contribution is 2.16. The van der Waals surface area contributed by atoms with Crippen LogP contribution in [0.2, 0.25) is 0 Å². The summed E-state index contributed by atoms with van der Waals surface area (Å²) >= 11 is 0.